The molecule has 1 saturated heterocycles. The number of alkyl carbamates (subject to hydrolysis) is 1. The maximum absolute atomic E-state index is 12.9. The number of carboxylic acids is 1. The summed E-state index contributed by atoms with van der Waals surface area (Å²) in [6, 6.07) is 16.1. The van der Waals surface area contributed by atoms with E-state index in [1.54, 1.807) is 36.4 Å². The summed E-state index contributed by atoms with van der Waals surface area (Å²) in [5, 5.41) is 16.7. The molecule has 2 atom stereocenters. The van der Waals surface area contributed by atoms with Gasteiger partial charge in [-0.25, -0.2) is 9.59 Å². The van der Waals surface area contributed by atoms with Gasteiger partial charge in [0, 0.05) is 13.0 Å². The standard InChI is InChI=1S/C26H30N4O7/c31-22(15-28-26(36)37-17-19-10-5-2-6-11-19)29-20(14-18-8-3-1-4-9-18)24(33)27-16-23(32)30-13-7-12-21(30)25(34)35/h1-6,8-11,20-21H,7,12-17H2,(H,27,33)(H,28,36)(H,29,31)(H,34,35)/t20-,21-/m0/s1. The maximum atomic E-state index is 12.9. The van der Waals surface area contributed by atoms with Gasteiger partial charge in [-0.2, -0.15) is 0 Å². The number of carbonyl (C=O) groups excluding carboxylic acids is 4. The lowest BCUT2D eigenvalue weighted by atomic mass is 10.1. The van der Waals surface area contributed by atoms with Crippen molar-refractivity contribution in [2.45, 2.75) is 38.0 Å². The first-order valence-corrected chi connectivity index (χ1v) is 11.9. The lowest BCUT2D eigenvalue weighted by Gasteiger charge is -2.23. The van der Waals surface area contributed by atoms with E-state index in [1.165, 1.54) is 4.90 Å². The number of likely N-dealkylation sites (tertiary alicyclic amines) is 1. The van der Waals surface area contributed by atoms with Gasteiger partial charge in [0.15, 0.2) is 0 Å². The number of rotatable bonds is 11. The molecule has 1 fully saturated rings. The van der Waals surface area contributed by atoms with Crippen molar-refractivity contribution in [2.24, 2.45) is 0 Å². The molecule has 3 rings (SSSR count). The van der Waals surface area contributed by atoms with E-state index in [0.717, 1.165) is 11.1 Å². The van der Waals surface area contributed by atoms with Crippen LogP contribution in [0.4, 0.5) is 4.79 Å². The van der Waals surface area contributed by atoms with Crippen LogP contribution in [0.1, 0.15) is 24.0 Å². The highest BCUT2D eigenvalue weighted by Crippen LogP contribution is 2.17. The molecule has 196 valence electrons. The van der Waals surface area contributed by atoms with Crippen molar-refractivity contribution >= 4 is 29.8 Å². The zero-order valence-corrected chi connectivity index (χ0v) is 20.2. The lowest BCUT2D eigenvalue weighted by molar-refractivity contribution is -0.148. The predicted octanol–water partition coefficient (Wildman–Crippen LogP) is 0.832. The van der Waals surface area contributed by atoms with Crippen LogP contribution >= 0.6 is 0 Å². The van der Waals surface area contributed by atoms with Gasteiger partial charge in [-0.15, -0.1) is 0 Å². The monoisotopic (exact) mass is 510 g/mol. The molecule has 2 aromatic rings. The van der Waals surface area contributed by atoms with Crippen LogP contribution in [0.15, 0.2) is 60.7 Å². The van der Waals surface area contributed by atoms with Crippen molar-refractivity contribution in [3.63, 3.8) is 0 Å². The van der Waals surface area contributed by atoms with E-state index in [0.29, 0.717) is 19.4 Å². The molecule has 0 unspecified atom stereocenters. The second-order valence-electron chi connectivity index (χ2n) is 8.53. The average Bonchev–Trinajstić information content (AvgIpc) is 3.41. The minimum atomic E-state index is -1.08. The molecule has 0 aliphatic carbocycles. The summed E-state index contributed by atoms with van der Waals surface area (Å²) >= 11 is 0. The van der Waals surface area contributed by atoms with Crippen LogP contribution < -0.4 is 16.0 Å². The number of nitrogens with one attached hydrogen (secondary N) is 3. The molecule has 0 bridgehead atoms. The van der Waals surface area contributed by atoms with Crippen LogP contribution in [-0.4, -0.2) is 71.5 Å². The highest BCUT2D eigenvalue weighted by atomic mass is 16.5. The molecular formula is C26H30N4O7. The van der Waals surface area contributed by atoms with Crippen molar-refractivity contribution in [1.29, 1.82) is 0 Å². The third kappa shape index (κ3) is 8.64. The van der Waals surface area contributed by atoms with Gasteiger partial charge in [0.05, 0.1) is 6.54 Å². The van der Waals surface area contributed by atoms with Gasteiger partial charge >= 0.3 is 12.1 Å². The van der Waals surface area contributed by atoms with Gasteiger partial charge < -0.3 is 30.7 Å². The molecule has 11 nitrogen and oxygen atoms in total. The first kappa shape index (κ1) is 27.2. The van der Waals surface area contributed by atoms with E-state index in [9.17, 15) is 29.1 Å². The van der Waals surface area contributed by atoms with Crippen molar-refractivity contribution in [3.05, 3.63) is 71.8 Å². The molecule has 4 N–H and O–H groups in total. The summed E-state index contributed by atoms with van der Waals surface area (Å²) < 4.78 is 5.07. The van der Waals surface area contributed by atoms with Crippen molar-refractivity contribution < 1.29 is 33.8 Å². The van der Waals surface area contributed by atoms with E-state index in [2.05, 4.69) is 16.0 Å². The van der Waals surface area contributed by atoms with Gasteiger partial charge in [-0.05, 0) is 24.0 Å². The number of hydrogen-bond donors (Lipinski definition) is 4. The van der Waals surface area contributed by atoms with Crippen LogP contribution in [0, 0.1) is 0 Å². The summed E-state index contributed by atoms with van der Waals surface area (Å²) in [7, 11) is 0. The largest absolute Gasteiger partial charge is 0.480 e. The third-order valence-corrected chi connectivity index (χ3v) is 5.81. The summed E-state index contributed by atoms with van der Waals surface area (Å²) in [5.41, 5.74) is 1.56. The molecule has 0 aromatic heterocycles. The molecule has 4 amide bonds. The fourth-order valence-corrected chi connectivity index (χ4v) is 3.94. The molecule has 1 aliphatic heterocycles. The predicted molar refractivity (Wildman–Crippen MR) is 132 cm³/mol. The number of hydrogen-bond acceptors (Lipinski definition) is 6. The Morgan fingerprint density at radius 3 is 2.22 bits per heavy atom. The molecule has 0 spiro atoms. The van der Waals surface area contributed by atoms with Crippen LogP contribution in [0.3, 0.4) is 0 Å². The summed E-state index contributed by atoms with van der Waals surface area (Å²) in [6.45, 7) is -0.462. The Kier molecular flexibility index (Phi) is 10.0. The molecule has 2 aromatic carbocycles. The molecular weight excluding hydrogens is 480 g/mol. The number of aliphatic carboxylic acids is 1. The first-order valence-electron chi connectivity index (χ1n) is 11.9. The fraction of sp³-hybridized carbons (Fsp3) is 0.346. The van der Waals surface area contributed by atoms with Crippen molar-refractivity contribution in [3.8, 4) is 0 Å². The molecule has 0 saturated carbocycles. The van der Waals surface area contributed by atoms with Crippen LogP contribution in [-0.2, 0) is 36.9 Å². The van der Waals surface area contributed by atoms with Crippen LogP contribution in [0.25, 0.3) is 0 Å². The number of carbonyl (C=O) groups is 5. The minimum absolute atomic E-state index is 0.0428. The SMILES string of the molecule is O=C(CNC(=O)OCc1ccccc1)N[C@@H](Cc1ccccc1)C(=O)NCC(=O)N1CCC[C@H]1C(=O)O. The summed E-state index contributed by atoms with van der Waals surface area (Å²) in [5.74, 6) is -2.82. The van der Waals surface area contributed by atoms with Gasteiger partial charge in [0.25, 0.3) is 0 Å². The zero-order chi connectivity index (χ0) is 26.6. The molecule has 1 aliphatic rings. The zero-order valence-electron chi connectivity index (χ0n) is 20.2. The summed E-state index contributed by atoms with van der Waals surface area (Å²) in [6.07, 6.45) is 0.298. The van der Waals surface area contributed by atoms with Gasteiger partial charge in [0.1, 0.15) is 25.2 Å². The van der Waals surface area contributed by atoms with Crippen LogP contribution in [0.2, 0.25) is 0 Å². The molecule has 1 heterocycles. The van der Waals surface area contributed by atoms with Gasteiger partial charge in [-0.1, -0.05) is 60.7 Å². The Labute approximate surface area is 214 Å². The Balaban J connectivity index is 1.52. The minimum Gasteiger partial charge on any atom is -0.480 e. The lowest BCUT2D eigenvalue weighted by Crippen LogP contribution is -2.53. The number of nitrogens with zero attached hydrogens (tertiary/aromatic N) is 1. The number of ether oxygens (including phenoxy) is 1. The molecule has 37 heavy (non-hydrogen) atoms. The Morgan fingerprint density at radius 1 is 0.919 bits per heavy atom. The normalized spacial score (nSPS) is 15.4. The quantitative estimate of drug-likeness (QED) is 0.349. The smallest absolute Gasteiger partial charge is 0.407 e. The highest BCUT2D eigenvalue weighted by molar-refractivity contribution is 5.92. The van der Waals surface area contributed by atoms with E-state index < -0.39 is 55.0 Å². The topological polar surface area (TPSA) is 154 Å². The molecule has 11 heteroatoms. The summed E-state index contributed by atoms with van der Waals surface area (Å²) in [4.78, 5) is 62.4. The number of amides is 4. The first-order chi connectivity index (χ1) is 17.8. The van der Waals surface area contributed by atoms with Crippen molar-refractivity contribution in [1.82, 2.24) is 20.9 Å². The Bertz CT molecular complexity index is 1090. The molecule has 0 radical (unpaired) electrons. The average molecular weight is 511 g/mol. The van der Waals surface area contributed by atoms with E-state index >= 15 is 0 Å². The van der Waals surface area contributed by atoms with Crippen LogP contribution in [0.5, 0.6) is 0 Å². The second-order valence-corrected chi connectivity index (χ2v) is 8.53. The highest BCUT2D eigenvalue weighted by Gasteiger charge is 2.34. The third-order valence-electron chi connectivity index (χ3n) is 5.81. The van der Waals surface area contributed by atoms with E-state index in [1.807, 2.05) is 24.3 Å². The second kappa shape index (κ2) is 13.6. The van der Waals surface area contributed by atoms with E-state index in [4.69, 9.17) is 4.74 Å². The number of benzene rings is 2. The van der Waals surface area contributed by atoms with Crippen molar-refractivity contribution in [2.75, 3.05) is 19.6 Å². The number of carboxylic acid groups (broad SMARTS) is 1. The van der Waals surface area contributed by atoms with Gasteiger partial charge in [0.2, 0.25) is 17.7 Å². The van der Waals surface area contributed by atoms with E-state index in [-0.39, 0.29) is 13.0 Å². The fourth-order valence-electron chi connectivity index (χ4n) is 3.94. The Hall–Kier alpha value is -4.41. The maximum Gasteiger partial charge on any atom is 0.407 e. The van der Waals surface area contributed by atoms with Gasteiger partial charge in [-0.3, -0.25) is 14.4 Å². The Morgan fingerprint density at radius 2 is 1.57 bits per heavy atom.